The summed E-state index contributed by atoms with van der Waals surface area (Å²) in [5, 5.41) is 0. The molecule has 1 saturated carbocycles. The SMILES string of the molecule is CN(C(=O)CCc1ccccc1)[C@@H]1CCCC[C@@H]1N1CCCC1. The molecule has 1 aromatic carbocycles. The number of likely N-dealkylation sites (N-methyl/N-ethyl adjacent to an activating group) is 1. The van der Waals surface area contributed by atoms with Crippen LogP contribution < -0.4 is 0 Å². The van der Waals surface area contributed by atoms with Gasteiger partial charge in [-0.2, -0.15) is 0 Å². The maximum Gasteiger partial charge on any atom is 0.222 e. The van der Waals surface area contributed by atoms with E-state index in [4.69, 9.17) is 0 Å². The summed E-state index contributed by atoms with van der Waals surface area (Å²) >= 11 is 0. The van der Waals surface area contributed by atoms with Crippen molar-refractivity contribution in [3.8, 4) is 0 Å². The van der Waals surface area contributed by atoms with Gasteiger partial charge in [0.1, 0.15) is 0 Å². The second kappa shape index (κ2) is 7.96. The van der Waals surface area contributed by atoms with Gasteiger partial charge in [0, 0.05) is 25.6 Å². The highest BCUT2D eigenvalue weighted by Crippen LogP contribution is 2.29. The third-order valence-electron chi connectivity index (χ3n) is 5.66. The van der Waals surface area contributed by atoms with Crippen molar-refractivity contribution in [2.24, 2.45) is 0 Å². The van der Waals surface area contributed by atoms with E-state index in [0.717, 1.165) is 6.42 Å². The van der Waals surface area contributed by atoms with Crippen LogP contribution in [-0.4, -0.2) is 47.9 Å². The summed E-state index contributed by atoms with van der Waals surface area (Å²) in [6.45, 7) is 2.46. The summed E-state index contributed by atoms with van der Waals surface area (Å²) < 4.78 is 0. The van der Waals surface area contributed by atoms with Crippen LogP contribution in [-0.2, 0) is 11.2 Å². The lowest BCUT2D eigenvalue weighted by Crippen LogP contribution is -2.53. The Morgan fingerprint density at radius 1 is 1.09 bits per heavy atom. The Balaban J connectivity index is 1.58. The average molecular weight is 314 g/mol. The molecule has 2 atom stereocenters. The summed E-state index contributed by atoms with van der Waals surface area (Å²) in [5.74, 6) is 0.310. The van der Waals surface area contributed by atoms with Crippen molar-refractivity contribution in [1.82, 2.24) is 9.80 Å². The van der Waals surface area contributed by atoms with Gasteiger partial charge in [0.25, 0.3) is 0 Å². The molecule has 1 heterocycles. The van der Waals surface area contributed by atoms with E-state index in [9.17, 15) is 4.79 Å². The number of benzene rings is 1. The van der Waals surface area contributed by atoms with Crippen molar-refractivity contribution >= 4 is 5.91 Å². The molecule has 2 aliphatic rings. The van der Waals surface area contributed by atoms with Crippen LogP contribution >= 0.6 is 0 Å². The van der Waals surface area contributed by atoms with E-state index >= 15 is 0 Å². The van der Waals surface area contributed by atoms with Gasteiger partial charge in [-0.3, -0.25) is 9.69 Å². The highest BCUT2D eigenvalue weighted by atomic mass is 16.2. The van der Waals surface area contributed by atoms with Gasteiger partial charge in [-0.15, -0.1) is 0 Å². The number of amides is 1. The van der Waals surface area contributed by atoms with E-state index in [1.54, 1.807) is 0 Å². The third kappa shape index (κ3) is 4.14. The molecule has 0 bridgehead atoms. The molecule has 1 aliphatic heterocycles. The normalized spacial score (nSPS) is 25.4. The molecule has 3 nitrogen and oxygen atoms in total. The highest BCUT2D eigenvalue weighted by Gasteiger charge is 2.35. The topological polar surface area (TPSA) is 23.6 Å². The largest absolute Gasteiger partial charge is 0.341 e. The van der Waals surface area contributed by atoms with Gasteiger partial charge in [-0.05, 0) is 50.8 Å². The monoisotopic (exact) mass is 314 g/mol. The Morgan fingerprint density at radius 2 is 1.78 bits per heavy atom. The molecule has 0 spiro atoms. The number of hydrogen-bond donors (Lipinski definition) is 0. The zero-order valence-electron chi connectivity index (χ0n) is 14.4. The predicted molar refractivity (Wildman–Crippen MR) is 94.4 cm³/mol. The second-order valence-electron chi connectivity index (χ2n) is 7.15. The van der Waals surface area contributed by atoms with Gasteiger partial charge < -0.3 is 4.90 Å². The molecule has 1 aliphatic carbocycles. The maximum absolute atomic E-state index is 12.7. The molecular weight excluding hydrogens is 284 g/mol. The summed E-state index contributed by atoms with van der Waals surface area (Å²) in [6, 6.07) is 11.4. The fourth-order valence-electron chi connectivity index (χ4n) is 4.30. The Morgan fingerprint density at radius 3 is 2.52 bits per heavy atom. The van der Waals surface area contributed by atoms with E-state index in [2.05, 4.69) is 21.9 Å². The standard InChI is InChI=1S/C20H30N2O/c1-21(20(23)14-13-17-9-3-2-4-10-17)18-11-5-6-12-19(18)22-15-7-8-16-22/h2-4,9-10,18-19H,5-8,11-16H2,1H3/t18-,19+/m1/s1. The van der Waals surface area contributed by atoms with Crippen molar-refractivity contribution in [3.05, 3.63) is 35.9 Å². The van der Waals surface area contributed by atoms with Gasteiger partial charge in [0.05, 0.1) is 0 Å². The van der Waals surface area contributed by atoms with E-state index in [1.165, 1.54) is 57.2 Å². The molecule has 0 aromatic heterocycles. The first-order valence-electron chi connectivity index (χ1n) is 9.29. The molecule has 2 fully saturated rings. The second-order valence-corrected chi connectivity index (χ2v) is 7.15. The molecule has 1 saturated heterocycles. The van der Waals surface area contributed by atoms with E-state index in [0.29, 0.717) is 24.4 Å². The van der Waals surface area contributed by atoms with Crippen molar-refractivity contribution in [3.63, 3.8) is 0 Å². The van der Waals surface area contributed by atoms with Crippen LogP contribution in [0.5, 0.6) is 0 Å². The Labute approximate surface area is 140 Å². The summed E-state index contributed by atoms with van der Waals surface area (Å²) in [7, 11) is 2.03. The van der Waals surface area contributed by atoms with Crippen LogP contribution in [0.1, 0.15) is 50.5 Å². The fraction of sp³-hybridized carbons (Fsp3) is 0.650. The van der Waals surface area contributed by atoms with Crippen LogP contribution in [0.25, 0.3) is 0 Å². The number of nitrogens with zero attached hydrogens (tertiary/aromatic N) is 2. The summed E-state index contributed by atoms with van der Waals surface area (Å²) in [6.07, 6.45) is 9.17. The first-order chi connectivity index (χ1) is 11.3. The van der Waals surface area contributed by atoms with Crippen molar-refractivity contribution in [2.45, 2.75) is 63.5 Å². The molecular formula is C20H30N2O. The Hall–Kier alpha value is -1.35. The van der Waals surface area contributed by atoms with Gasteiger partial charge >= 0.3 is 0 Å². The minimum Gasteiger partial charge on any atom is -0.341 e. The first kappa shape index (κ1) is 16.5. The average Bonchev–Trinajstić information content (AvgIpc) is 3.14. The summed E-state index contributed by atoms with van der Waals surface area (Å²) in [5.41, 5.74) is 1.26. The van der Waals surface area contributed by atoms with Crippen LogP contribution in [0.3, 0.4) is 0 Å². The number of likely N-dealkylation sites (tertiary alicyclic amines) is 1. The molecule has 1 aromatic rings. The van der Waals surface area contributed by atoms with Crippen molar-refractivity contribution in [2.75, 3.05) is 20.1 Å². The zero-order chi connectivity index (χ0) is 16.1. The number of carbonyl (C=O) groups excluding carboxylic acids is 1. The van der Waals surface area contributed by atoms with Crippen LogP contribution in [0.15, 0.2) is 30.3 Å². The lowest BCUT2D eigenvalue weighted by molar-refractivity contribution is -0.134. The molecule has 126 valence electrons. The van der Waals surface area contributed by atoms with Crippen LogP contribution in [0, 0.1) is 0 Å². The molecule has 3 heteroatoms. The quantitative estimate of drug-likeness (QED) is 0.830. The smallest absolute Gasteiger partial charge is 0.222 e. The van der Waals surface area contributed by atoms with Gasteiger partial charge in [0.2, 0.25) is 5.91 Å². The highest BCUT2D eigenvalue weighted by molar-refractivity contribution is 5.76. The lowest BCUT2D eigenvalue weighted by Gasteiger charge is -2.42. The van der Waals surface area contributed by atoms with E-state index in [-0.39, 0.29) is 0 Å². The zero-order valence-corrected chi connectivity index (χ0v) is 14.4. The molecule has 0 N–H and O–H groups in total. The number of rotatable bonds is 5. The lowest BCUT2D eigenvalue weighted by atomic mass is 9.88. The van der Waals surface area contributed by atoms with Gasteiger partial charge in [0.15, 0.2) is 0 Å². The molecule has 0 radical (unpaired) electrons. The predicted octanol–water partition coefficient (Wildman–Crippen LogP) is 3.48. The molecule has 3 rings (SSSR count). The molecule has 23 heavy (non-hydrogen) atoms. The third-order valence-corrected chi connectivity index (χ3v) is 5.66. The van der Waals surface area contributed by atoms with Crippen LogP contribution in [0.4, 0.5) is 0 Å². The maximum atomic E-state index is 12.7. The Bertz CT molecular complexity index is 496. The fourth-order valence-corrected chi connectivity index (χ4v) is 4.30. The minimum absolute atomic E-state index is 0.310. The van der Waals surface area contributed by atoms with E-state index in [1.807, 2.05) is 25.2 Å². The summed E-state index contributed by atoms with van der Waals surface area (Å²) in [4.78, 5) is 17.4. The van der Waals surface area contributed by atoms with Crippen molar-refractivity contribution < 1.29 is 4.79 Å². The van der Waals surface area contributed by atoms with E-state index < -0.39 is 0 Å². The number of carbonyl (C=O) groups is 1. The molecule has 0 unspecified atom stereocenters. The number of hydrogen-bond acceptors (Lipinski definition) is 2. The van der Waals surface area contributed by atoms with Crippen molar-refractivity contribution in [1.29, 1.82) is 0 Å². The van der Waals surface area contributed by atoms with Gasteiger partial charge in [-0.25, -0.2) is 0 Å². The number of aryl methyl sites for hydroxylation is 1. The van der Waals surface area contributed by atoms with Crippen LogP contribution in [0.2, 0.25) is 0 Å². The Kier molecular flexibility index (Phi) is 5.71. The first-order valence-corrected chi connectivity index (χ1v) is 9.29. The molecule has 1 amide bonds. The minimum atomic E-state index is 0.310. The van der Waals surface area contributed by atoms with Gasteiger partial charge in [-0.1, -0.05) is 43.2 Å².